The van der Waals surface area contributed by atoms with E-state index in [1.54, 1.807) is 6.20 Å². The topological polar surface area (TPSA) is 51.8 Å². The van der Waals surface area contributed by atoms with Crippen molar-refractivity contribution in [3.05, 3.63) is 152 Å². The summed E-state index contributed by atoms with van der Waals surface area (Å²) in [5.74, 6) is 0.664. The summed E-state index contributed by atoms with van der Waals surface area (Å²) in [6.07, 6.45) is 3.61. The van der Waals surface area contributed by atoms with Crippen LogP contribution >= 0.6 is 0 Å². The quantitative estimate of drug-likeness (QED) is 0.214. The van der Waals surface area contributed by atoms with Gasteiger partial charge >= 0.3 is 0 Å². The Kier molecular flexibility index (Phi) is 6.08. The van der Waals surface area contributed by atoms with Crippen LogP contribution in [-0.4, -0.2) is 15.0 Å². The lowest BCUT2D eigenvalue weighted by Crippen LogP contribution is -1.96. The van der Waals surface area contributed by atoms with Gasteiger partial charge < -0.3 is 4.42 Å². The van der Waals surface area contributed by atoms with Gasteiger partial charge in [0, 0.05) is 45.4 Å². The molecule has 0 unspecified atom stereocenters. The fourth-order valence-corrected chi connectivity index (χ4v) is 5.62. The van der Waals surface area contributed by atoms with Gasteiger partial charge in [0.2, 0.25) is 0 Å². The van der Waals surface area contributed by atoms with E-state index in [2.05, 4.69) is 102 Å². The zero-order chi connectivity index (χ0) is 28.6. The Morgan fingerprint density at radius 2 is 1.07 bits per heavy atom. The molecule has 0 radical (unpaired) electrons. The number of aromatic nitrogens is 3. The lowest BCUT2D eigenvalue weighted by molar-refractivity contribution is 0.670. The molecule has 0 atom stereocenters. The highest BCUT2D eigenvalue weighted by atomic mass is 16.3. The summed E-state index contributed by atoms with van der Waals surface area (Å²) in [5, 5.41) is 2.24. The first-order valence-electron chi connectivity index (χ1n) is 14.3. The molecule has 5 aromatic carbocycles. The fraction of sp³-hybridized carbons (Fsp3) is 0. The predicted molar refractivity (Wildman–Crippen MR) is 174 cm³/mol. The molecule has 0 aliphatic rings. The minimum atomic E-state index is 0.664. The van der Waals surface area contributed by atoms with Crippen LogP contribution in [0.2, 0.25) is 0 Å². The number of hydrogen-bond donors (Lipinski definition) is 0. The summed E-state index contributed by atoms with van der Waals surface area (Å²) in [5.41, 5.74) is 10.9. The first-order valence-corrected chi connectivity index (χ1v) is 14.3. The van der Waals surface area contributed by atoms with Crippen molar-refractivity contribution >= 4 is 21.9 Å². The zero-order valence-electron chi connectivity index (χ0n) is 23.2. The minimum absolute atomic E-state index is 0.664. The molecule has 0 aliphatic heterocycles. The van der Waals surface area contributed by atoms with E-state index in [4.69, 9.17) is 14.4 Å². The summed E-state index contributed by atoms with van der Waals surface area (Å²) >= 11 is 0. The second kappa shape index (κ2) is 10.5. The van der Waals surface area contributed by atoms with Crippen LogP contribution in [0.5, 0.6) is 0 Å². The second-order valence-electron chi connectivity index (χ2n) is 10.5. The highest BCUT2D eigenvalue weighted by Gasteiger charge is 2.14. The monoisotopic (exact) mass is 551 g/mol. The molecule has 4 heteroatoms. The molecule has 0 bridgehead atoms. The Morgan fingerprint density at radius 3 is 1.86 bits per heavy atom. The van der Waals surface area contributed by atoms with E-state index in [1.807, 2.05) is 48.7 Å². The molecule has 8 aromatic rings. The molecule has 0 spiro atoms. The van der Waals surface area contributed by atoms with Gasteiger partial charge in [0.1, 0.15) is 11.2 Å². The molecule has 3 heterocycles. The van der Waals surface area contributed by atoms with Crippen molar-refractivity contribution in [1.82, 2.24) is 15.0 Å². The molecule has 0 saturated heterocycles. The first kappa shape index (κ1) is 24.9. The van der Waals surface area contributed by atoms with Crippen LogP contribution in [-0.2, 0) is 0 Å². The van der Waals surface area contributed by atoms with Crippen molar-refractivity contribution in [3.8, 4) is 56.2 Å². The third-order valence-electron chi connectivity index (χ3n) is 7.83. The maximum Gasteiger partial charge on any atom is 0.160 e. The molecule has 0 saturated carbocycles. The number of para-hydroxylation sites is 2. The van der Waals surface area contributed by atoms with Crippen molar-refractivity contribution in [3.63, 3.8) is 0 Å². The maximum absolute atomic E-state index is 6.29. The molecule has 0 fully saturated rings. The van der Waals surface area contributed by atoms with E-state index in [0.29, 0.717) is 5.82 Å². The van der Waals surface area contributed by atoms with Crippen LogP contribution in [0, 0.1) is 0 Å². The highest BCUT2D eigenvalue weighted by molar-refractivity contribution is 6.09. The Balaban J connectivity index is 1.20. The van der Waals surface area contributed by atoms with E-state index in [9.17, 15) is 0 Å². The molecule has 202 valence electrons. The highest BCUT2D eigenvalue weighted by Crippen LogP contribution is 2.36. The van der Waals surface area contributed by atoms with E-state index in [-0.39, 0.29) is 0 Å². The molecule has 0 amide bonds. The van der Waals surface area contributed by atoms with Gasteiger partial charge in [0.05, 0.1) is 11.4 Å². The average molecular weight is 552 g/mol. The van der Waals surface area contributed by atoms with Crippen molar-refractivity contribution in [2.24, 2.45) is 0 Å². The summed E-state index contributed by atoms with van der Waals surface area (Å²) in [6, 6.07) is 47.8. The van der Waals surface area contributed by atoms with Crippen LogP contribution in [0.1, 0.15) is 0 Å². The summed E-state index contributed by atoms with van der Waals surface area (Å²) < 4.78 is 6.29. The lowest BCUT2D eigenvalue weighted by atomic mass is 10.0. The van der Waals surface area contributed by atoms with Gasteiger partial charge in [0.25, 0.3) is 0 Å². The van der Waals surface area contributed by atoms with Gasteiger partial charge in [-0.25, -0.2) is 9.97 Å². The van der Waals surface area contributed by atoms with Gasteiger partial charge in [-0.1, -0.05) is 115 Å². The number of rotatable bonds is 5. The standard InChI is InChI=1S/C39H25N3O/c1-2-8-26(9-3-1)27-15-19-29(20-16-27)35-24-36(31-10-7-23-40-25-31)42-39(41-35)30-21-17-28(18-22-30)32-12-6-13-34-33-11-4-5-14-37(33)43-38(32)34/h1-25H. The zero-order valence-corrected chi connectivity index (χ0v) is 23.2. The van der Waals surface area contributed by atoms with Crippen LogP contribution in [0.25, 0.3) is 78.1 Å². The van der Waals surface area contributed by atoms with E-state index < -0.39 is 0 Å². The van der Waals surface area contributed by atoms with Gasteiger partial charge in [-0.15, -0.1) is 0 Å². The van der Waals surface area contributed by atoms with Crippen molar-refractivity contribution in [2.45, 2.75) is 0 Å². The number of nitrogens with zero attached hydrogens (tertiary/aromatic N) is 3. The fourth-order valence-electron chi connectivity index (χ4n) is 5.62. The number of fused-ring (bicyclic) bond motifs is 3. The number of benzene rings is 5. The van der Waals surface area contributed by atoms with Crippen LogP contribution in [0.4, 0.5) is 0 Å². The molecule has 0 aliphatic carbocycles. The number of pyridine rings is 1. The van der Waals surface area contributed by atoms with E-state index >= 15 is 0 Å². The summed E-state index contributed by atoms with van der Waals surface area (Å²) in [6.45, 7) is 0. The third-order valence-corrected chi connectivity index (χ3v) is 7.83. The average Bonchev–Trinajstić information content (AvgIpc) is 3.48. The number of hydrogen-bond acceptors (Lipinski definition) is 4. The van der Waals surface area contributed by atoms with Gasteiger partial charge in [-0.05, 0) is 41.0 Å². The van der Waals surface area contributed by atoms with Crippen LogP contribution < -0.4 is 0 Å². The SMILES string of the molecule is c1ccc(-c2ccc(-c3cc(-c4cccnc4)nc(-c4ccc(-c5cccc6c5oc5ccccc56)cc4)n3)cc2)cc1. The Morgan fingerprint density at radius 1 is 0.442 bits per heavy atom. The van der Waals surface area contributed by atoms with Gasteiger partial charge in [0.15, 0.2) is 5.82 Å². The largest absolute Gasteiger partial charge is 0.455 e. The van der Waals surface area contributed by atoms with Crippen molar-refractivity contribution < 1.29 is 4.42 Å². The Hall–Kier alpha value is -5.87. The van der Waals surface area contributed by atoms with Crippen molar-refractivity contribution in [1.29, 1.82) is 0 Å². The maximum atomic E-state index is 6.29. The molecule has 0 N–H and O–H groups in total. The van der Waals surface area contributed by atoms with Gasteiger partial charge in [-0.3, -0.25) is 4.98 Å². The second-order valence-corrected chi connectivity index (χ2v) is 10.5. The molecule has 4 nitrogen and oxygen atoms in total. The van der Waals surface area contributed by atoms with Crippen molar-refractivity contribution in [2.75, 3.05) is 0 Å². The lowest BCUT2D eigenvalue weighted by Gasteiger charge is -2.10. The Labute approximate surface area is 249 Å². The predicted octanol–water partition coefficient (Wildman–Crippen LogP) is 10.1. The molecule has 8 rings (SSSR count). The van der Waals surface area contributed by atoms with Gasteiger partial charge in [-0.2, -0.15) is 0 Å². The van der Waals surface area contributed by atoms with E-state index in [0.717, 1.165) is 61.1 Å². The number of furan rings is 1. The molecule has 43 heavy (non-hydrogen) atoms. The normalized spacial score (nSPS) is 11.3. The smallest absolute Gasteiger partial charge is 0.160 e. The molecular formula is C39H25N3O. The van der Waals surface area contributed by atoms with Crippen LogP contribution in [0.3, 0.4) is 0 Å². The Bertz CT molecular complexity index is 2200. The molecule has 3 aromatic heterocycles. The molecular weight excluding hydrogens is 526 g/mol. The third kappa shape index (κ3) is 4.65. The minimum Gasteiger partial charge on any atom is -0.455 e. The first-order chi connectivity index (χ1) is 21.3. The summed E-state index contributed by atoms with van der Waals surface area (Å²) in [4.78, 5) is 14.3. The summed E-state index contributed by atoms with van der Waals surface area (Å²) in [7, 11) is 0. The van der Waals surface area contributed by atoms with E-state index in [1.165, 1.54) is 11.1 Å². The van der Waals surface area contributed by atoms with Crippen LogP contribution in [0.15, 0.2) is 156 Å².